The highest BCUT2D eigenvalue weighted by molar-refractivity contribution is 6.38. The lowest BCUT2D eigenvalue weighted by molar-refractivity contribution is -0.120. The van der Waals surface area contributed by atoms with Gasteiger partial charge in [-0.15, -0.1) is 11.6 Å². The Balaban J connectivity index is 1.62. The van der Waals surface area contributed by atoms with Gasteiger partial charge >= 0.3 is 5.97 Å². The maximum absolute atomic E-state index is 13.3. The Kier molecular flexibility index (Phi) is 5.43. The number of hydrogen-bond acceptors (Lipinski definition) is 4. The number of allylic oxidation sites excluding steroid dienone is 4. The largest absolute Gasteiger partial charge is 0.478 e. The van der Waals surface area contributed by atoms with Crippen LogP contribution in [0.2, 0.25) is 0 Å². The fourth-order valence-electron chi connectivity index (χ4n) is 4.47. The van der Waals surface area contributed by atoms with Crippen LogP contribution in [-0.4, -0.2) is 59.3 Å². The molecule has 0 spiro atoms. The molecule has 2 aliphatic heterocycles. The predicted octanol–water partition coefficient (Wildman–Crippen LogP) is 3.10. The first-order valence-corrected chi connectivity index (χ1v) is 10.5. The number of carbonyl (C=O) groups excluding carboxylic acids is 1. The quantitative estimate of drug-likeness (QED) is 0.693. The van der Waals surface area contributed by atoms with Crippen molar-refractivity contribution in [3.05, 3.63) is 70.0 Å². The van der Waals surface area contributed by atoms with Crippen LogP contribution in [0.25, 0.3) is 0 Å². The van der Waals surface area contributed by atoms with E-state index in [0.29, 0.717) is 17.3 Å². The van der Waals surface area contributed by atoms with Crippen molar-refractivity contribution in [3.63, 3.8) is 0 Å². The van der Waals surface area contributed by atoms with Crippen LogP contribution >= 0.6 is 23.2 Å². The van der Waals surface area contributed by atoms with E-state index < -0.39 is 16.9 Å². The molecule has 30 heavy (non-hydrogen) atoms. The molecular weight excluding hydrogens is 425 g/mol. The highest BCUT2D eigenvalue weighted by Gasteiger charge is 2.43. The van der Waals surface area contributed by atoms with Crippen LogP contribution in [0.1, 0.15) is 22.3 Å². The monoisotopic (exact) mass is 447 g/mol. The van der Waals surface area contributed by atoms with Crippen molar-refractivity contribution >= 4 is 35.1 Å². The van der Waals surface area contributed by atoms with Gasteiger partial charge < -0.3 is 20.2 Å². The van der Waals surface area contributed by atoms with Gasteiger partial charge in [0.25, 0.3) is 5.91 Å². The Bertz CT molecular complexity index is 986. The third kappa shape index (κ3) is 3.53. The molecule has 0 aromatic heterocycles. The Labute approximate surface area is 185 Å². The van der Waals surface area contributed by atoms with Crippen LogP contribution < -0.4 is 5.32 Å². The van der Waals surface area contributed by atoms with Crippen LogP contribution in [0.4, 0.5) is 0 Å². The summed E-state index contributed by atoms with van der Waals surface area (Å²) in [4.78, 5) is 28.6. The van der Waals surface area contributed by atoms with Crippen molar-refractivity contribution in [1.29, 1.82) is 0 Å². The summed E-state index contributed by atoms with van der Waals surface area (Å²) in [5.74, 6) is -1.31. The summed E-state index contributed by atoms with van der Waals surface area (Å²) in [6.45, 7) is 1.46. The Morgan fingerprint density at radius 1 is 1.20 bits per heavy atom. The number of carbonyl (C=O) groups is 2. The number of likely N-dealkylation sites (tertiary alicyclic amines) is 1. The highest BCUT2D eigenvalue weighted by atomic mass is 35.5. The topological polar surface area (TPSA) is 72.9 Å². The minimum atomic E-state index is -0.973. The fraction of sp³-hybridized carbons (Fsp3) is 0.364. The zero-order valence-corrected chi connectivity index (χ0v) is 18.2. The first-order chi connectivity index (χ1) is 14.2. The van der Waals surface area contributed by atoms with Gasteiger partial charge in [-0.1, -0.05) is 23.7 Å². The molecule has 2 heterocycles. The average Bonchev–Trinajstić information content (AvgIpc) is 3.26. The number of amides is 1. The molecule has 1 saturated heterocycles. The number of rotatable bonds is 4. The number of alkyl halides is 1. The smallest absolute Gasteiger partial charge is 0.335 e. The standard InChI is InChI=1S/C22H23Cl2N3O3/c1-26-10-9-22(12-26,14-5-3-13(4-6-14)21(29)30)25-20(28)18-11-15-17(27(18)2)8-7-16(23)19(15)24/h3-8,11,15,19H,9-10,12H2,1-2H3,(H,25,28)(H,29,30). The molecule has 1 aromatic carbocycles. The Morgan fingerprint density at radius 2 is 1.90 bits per heavy atom. The van der Waals surface area contributed by atoms with E-state index in [1.165, 1.54) is 0 Å². The number of fused-ring (bicyclic) bond motifs is 1. The third-order valence-electron chi connectivity index (χ3n) is 6.15. The molecule has 1 amide bonds. The minimum Gasteiger partial charge on any atom is -0.478 e. The second-order valence-electron chi connectivity index (χ2n) is 8.09. The van der Waals surface area contributed by atoms with Crippen molar-refractivity contribution in [2.24, 2.45) is 5.92 Å². The van der Waals surface area contributed by atoms with Crippen LogP contribution in [0.3, 0.4) is 0 Å². The maximum atomic E-state index is 13.3. The summed E-state index contributed by atoms with van der Waals surface area (Å²) >= 11 is 12.6. The number of carboxylic acid groups (broad SMARTS) is 1. The molecule has 0 radical (unpaired) electrons. The van der Waals surface area contributed by atoms with Gasteiger partial charge in [-0.05, 0) is 49.4 Å². The Hall–Kier alpha value is -2.28. The summed E-state index contributed by atoms with van der Waals surface area (Å²) in [5.41, 5.74) is 1.99. The number of carboxylic acids is 1. The van der Waals surface area contributed by atoms with Crippen molar-refractivity contribution in [2.45, 2.75) is 17.3 Å². The van der Waals surface area contributed by atoms with Gasteiger partial charge in [0.05, 0.1) is 16.5 Å². The third-order valence-corrected chi connectivity index (χ3v) is 7.13. The lowest BCUT2D eigenvalue weighted by atomic mass is 9.88. The number of hydrogen-bond donors (Lipinski definition) is 2. The molecule has 1 aromatic rings. The highest BCUT2D eigenvalue weighted by Crippen LogP contribution is 2.41. The first kappa shape index (κ1) is 21.0. The maximum Gasteiger partial charge on any atom is 0.335 e. The number of aromatic carboxylic acids is 1. The van der Waals surface area contributed by atoms with Gasteiger partial charge in [0.2, 0.25) is 0 Å². The van der Waals surface area contributed by atoms with Crippen LogP contribution in [0, 0.1) is 5.92 Å². The zero-order chi connectivity index (χ0) is 21.6. The summed E-state index contributed by atoms with van der Waals surface area (Å²) in [6.07, 6.45) is 6.27. The SMILES string of the molecule is CN1CCC(NC(=O)C2=CC3C(=CC=C(Cl)C3Cl)N2C)(c2ccc(C(=O)O)cc2)C1. The molecule has 1 aliphatic carbocycles. The summed E-state index contributed by atoms with van der Waals surface area (Å²) < 4.78 is 0. The number of likely N-dealkylation sites (N-methyl/N-ethyl adjacent to an activating group) is 2. The fourth-order valence-corrected chi connectivity index (χ4v) is 4.94. The first-order valence-electron chi connectivity index (χ1n) is 9.74. The van der Waals surface area contributed by atoms with E-state index in [1.807, 2.05) is 31.1 Å². The van der Waals surface area contributed by atoms with Gasteiger partial charge in [-0.25, -0.2) is 4.79 Å². The molecule has 0 saturated carbocycles. The van der Waals surface area contributed by atoms with Gasteiger partial charge in [-0.2, -0.15) is 0 Å². The van der Waals surface area contributed by atoms with Crippen LogP contribution in [0.5, 0.6) is 0 Å². The second kappa shape index (κ2) is 7.76. The van der Waals surface area contributed by atoms with Gasteiger partial charge in [0, 0.05) is 36.8 Å². The van der Waals surface area contributed by atoms with E-state index in [9.17, 15) is 14.7 Å². The van der Waals surface area contributed by atoms with E-state index in [2.05, 4.69) is 10.2 Å². The number of nitrogens with zero attached hydrogens (tertiary/aromatic N) is 2. The molecule has 3 unspecified atom stereocenters. The van der Waals surface area contributed by atoms with Crippen molar-refractivity contribution in [3.8, 4) is 0 Å². The summed E-state index contributed by atoms with van der Waals surface area (Å²) in [7, 11) is 3.86. The molecular formula is C22H23Cl2N3O3. The zero-order valence-electron chi connectivity index (χ0n) is 16.7. The van der Waals surface area contributed by atoms with E-state index in [1.54, 1.807) is 30.3 Å². The molecule has 158 valence electrons. The molecule has 0 bridgehead atoms. The van der Waals surface area contributed by atoms with Gasteiger partial charge in [0.15, 0.2) is 0 Å². The molecule has 8 heteroatoms. The normalized spacial score (nSPS) is 28.5. The lowest BCUT2D eigenvalue weighted by Crippen LogP contribution is -2.49. The van der Waals surface area contributed by atoms with Gasteiger partial charge in [-0.3, -0.25) is 4.79 Å². The Morgan fingerprint density at radius 3 is 2.50 bits per heavy atom. The number of halogens is 2. The number of nitrogens with one attached hydrogen (secondary N) is 1. The molecule has 6 nitrogen and oxygen atoms in total. The second-order valence-corrected chi connectivity index (χ2v) is 8.99. The molecule has 3 aliphatic rings. The lowest BCUT2D eigenvalue weighted by Gasteiger charge is -2.32. The van der Waals surface area contributed by atoms with Crippen molar-refractivity contribution < 1.29 is 14.7 Å². The van der Waals surface area contributed by atoms with Crippen LogP contribution in [0.15, 0.2) is 58.9 Å². The van der Waals surface area contributed by atoms with Crippen molar-refractivity contribution in [2.75, 3.05) is 27.2 Å². The predicted molar refractivity (Wildman–Crippen MR) is 116 cm³/mol. The number of benzene rings is 1. The van der Waals surface area contributed by atoms with Crippen molar-refractivity contribution in [1.82, 2.24) is 15.1 Å². The van der Waals surface area contributed by atoms with E-state index in [0.717, 1.165) is 24.2 Å². The molecule has 1 fully saturated rings. The van der Waals surface area contributed by atoms with E-state index in [-0.39, 0.29) is 17.4 Å². The van der Waals surface area contributed by atoms with E-state index >= 15 is 0 Å². The molecule has 3 atom stereocenters. The van der Waals surface area contributed by atoms with E-state index in [4.69, 9.17) is 23.2 Å². The average molecular weight is 448 g/mol. The minimum absolute atomic E-state index is 0.146. The molecule has 2 N–H and O–H groups in total. The van der Waals surface area contributed by atoms with Gasteiger partial charge in [0.1, 0.15) is 5.70 Å². The summed E-state index contributed by atoms with van der Waals surface area (Å²) in [6, 6.07) is 6.73. The molecule has 4 rings (SSSR count). The summed E-state index contributed by atoms with van der Waals surface area (Å²) in [5, 5.41) is 12.6. The van der Waals surface area contributed by atoms with Crippen LogP contribution in [-0.2, 0) is 10.3 Å².